The Labute approximate surface area is 220 Å². The molecular weight excluding hydrogens is 524 g/mol. The zero-order valence-corrected chi connectivity index (χ0v) is 20.9. The first-order valence-corrected chi connectivity index (χ1v) is 12.0. The minimum atomic E-state index is -4.76. The summed E-state index contributed by atoms with van der Waals surface area (Å²) in [5, 5.41) is 3.88. The van der Waals surface area contributed by atoms with Gasteiger partial charge in [0, 0.05) is 21.0 Å². The number of amides is 1. The molecule has 9 heteroatoms. The summed E-state index contributed by atoms with van der Waals surface area (Å²) >= 11 is 12.0. The van der Waals surface area contributed by atoms with Gasteiger partial charge in [0.2, 0.25) is 5.60 Å². The SMILES string of the molecule is Cc1cc(C2=CC(c3cc(Cl)cc(Cl)c3)(C(F)(F)F)OC2)ccc1C(=O)Nc1ccc2ccccc2n1. The van der Waals surface area contributed by atoms with E-state index in [4.69, 9.17) is 27.9 Å². The zero-order chi connectivity index (χ0) is 26.4. The number of carbonyl (C=O) groups is 1. The number of nitrogens with zero attached hydrogens (tertiary/aromatic N) is 1. The molecule has 3 aromatic carbocycles. The van der Waals surface area contributed by atoms with Crippen molar-refractivity contribution in [2.75, 3.05) is 11.9 Å². The number of hydrogen-bond donors (Lipinski definition) is 1. The molecule has 5 rings (SSSR count). The molecule has 0 saturated carbocycles. The number of para-hydroxylation sites is 1. The molecule has 1 aliphatic rings. The van der Waals surface area contributed by atoms with Gasteiger partial charge in [0.25, 0.3) is 5.91 Å². The lowest BCUT2D eigenvalue weighted by Crippen LogP contribution is -2.41. The van der Waals surface area contributed by atoms with Crippen molar-refractivity contribution < 1.29 is 22.7 Å². The van der Waals surface area contributed by atoms with Gasteiger partial charge < -0.3 is 10.1 Å². The highest BCUT2D eigenvalue weighted by Crippen LogP contribution is 2.49. The number of rotatable bonds is 4. The van der Waals surface area contributed by atoms with E-state index in [1.165, 1.54) is 18.2 Å². The minimum Gasteiger partial charge on any atom is -0.352 e. The Balaban J connectivity index is 1.44. The van der Waals surface area contributed by atoms with Gasteiger partial charge in [-0.1, -0.05) is 53.5 Å². The topological polar surface area (TPSA) is 51.2 Å². The van der Waals surface area contributed by atoms with Crippen LogP contribution in [-0.2, 0) is 10.3 Å². The molecule has 1 N–H and O–H groups in total. The van der Waals surface area contributed by atoms with Crippen LogP contribution in [0.25, 0.3) is 16.5 Å². The van der Waals surface area contributed by atoms with Gasteiger partial charge in [0.15, 0.2) is 0 Å². The van der Waals surface area contributed by atoms with Crippen molar-refractivity contribution in [2.24, 2.45) is 0 Å². The lowest BCUT2D eigenvalue weighted by molar-refractivity contribution is -0.254. The van der Waals surface area contributed by atoms with Crippen LogP contribution in [0.4, 0.5) is 19.0 Å². The van der Waals surface area contributed by atoms with Gasteiger partial charge in [0.05, 0.1) is 12.1 Å². The molecule has 1 aromatic heterocycles. The van der Waals surface area contributed by atoms with E-state index in [1.54, 1.807) is 31.2 Å². The van der Waals surface area contributed by atoms with E-state index in [1.807, 2.05) is 30.3 Å². The number of benzene rings is 3. The summed E-state index contributed by atoms with van der Waals surface area (Å²) in [7, 11) is 0. The number of ether oxygens (including phenoxy) is 1. The second kappa shape index (κ2) is 9.49. The molecule has 0 radical (unpaired) electrons. The normalized spacial score (nSPS) is 17.6. The molecule has 0 fully saturated rings. The quantitative estimate of drug-likeness (QED) is 0.284. The van der Waals surface area contributed by atoms with Gasteiger partial charge in [-0.25, -0.2) is 4.98 Å². The summed E-state index contributed by atoms with van der Waals surface area (Å²) in [6.45, 7) is 1.44. The molecule has 0 spiro atoms. The lowest BCUT2D eigenvalue weighted by Gasteiger charge is -2.30. The van der Waals surface area contributed by atoms with E-state index in [0.717, 1.165) is 17.0 Å². The standard InChI is InChI=1S/C28H19Cl2F3N2O2/c1-16-10-18(6-8-23(16)26(36)35-25-9-7-17-4-2-3-5-24(17)34-25)19-14-27(37-15-19,28(31,32)33)20-11-21(29)13-22(30)12-20/h2-14H,15H2,1H3,(H,34,35,36). The summed E-state index contributed by atoms with van der Waals surface area (Å²) < 4.78 is 48.3. The van der Waals surface area contributed by atoms with Crippen LogP contribution in [0.3, 0.4) is 0 Å². The molecule has 1 aliphatic heterocycles. The van der Waals surface area contributed by atoms with E-state index in [2.05, 4.69) is 10.3 Å². The molecule has 1 unspecified atom stereocenters. The summed E-state index contributed by atoms with van der Waals surface area (Å²) in [4.78, 5) is 17.4. The van der Waals surface area contributed by atoms with Gasteiger partial charge in [-0.15, -0.1) is 0 Å². The third kappa shape index (κ3) is 4.82. The van der Waals surface area contributed by atoms with Crippen molar-refractivity contribution in [1.82, 2.24) is 4.98 Å². The molecule has 2 heterocycles. The van der Waals surface area contributed by atoms with E-state index < -0.39 is 11.8 Å². The first-order chi connectivity index (χ1) is 17.6. The minimum absolute atomic E-state index is 0.0729. The van der Waals surface area contributed by atoms with Gasteiger partial charge in [0.1, 0.15) is 5.82 Å². The van der Waals surface area contributed by atoms with E-state index >= 15 is 0 Å². The van der Waals surface area contributed by atoms with Crippen LogP contribution in [0.2, 0.25) is 10.0 Å². The number of nitrogens with one attached hydrogen (secondary N) is 1. The van der Waals surface area contributed by atoms with E-state index in [9.17, 15) is 18.0 Å². The van der Waals surface area contributed by atoms with Crippen LogP contribution in [0, 0.1) is 6.92 Å². The highest BCUT2D eigenvalue weighted by molar-refractivity contribution is 6.34. The van der Waals surface area contributed by atoms with Gasteiger partial charge >= 0.3 is 6.18 Å². The van der Waals surface area contributed by atoms with Crippen LogP contribution >= 0.6 is 23.2 Å². The summed E-state index contributed by atoms with van der Waals surface area (Å²) in [6, 6.07) is 19.7. The summed E-state index contributed by atoms with van der Waals surface area (Å²) in [6.07, 6.45) is -3.72. The maximum Gasteiger partial charge on any atom is 0.425 e. The highest BCUT2D eigenvalue weighted by atomic mass is 35.5. The summed E-state index contributed by atoms with van der Waals surface area (Å²) in [5.74, 6) is 0.0240. The average molecular weight is 543 g/mol. The Morgan fingerprint density at radius 1 is 1.00 bits per heavy atom. The van der Waals surface area contributed by atoms with Crippen LogP contribution in [0.1, 0.15) is 27.0 Å². The van der Waals surface area contributed by atoms with Gasteiger partial charge in [-0.3, -0.25) is 4.79 Å². The number of halogens is 5. The Kier molecular flexibility index (Phi) is 6.48. The number of pyridine rings is 1. The second-order valence-electron chi connectivity index (χ2n) is 8.72. The Hall–Kier alpha value is -3.39. The molecule has 0 saturated heterocycles. The maximum atomic E-state index is 14.3. The van der Waals surface area contributed by atoms with Crippen LogP contribution in [0.15, 0.2) is 78.9 Å². The first kappa shape index (κ1) is 25.3. The Morgan fingerprint density at radius 2 is 1.73 bits per heavy atom. The highest BCUT2D eigenvalue weighted by Gasteiger charge is 2.58. The molecule has 0 aliphatic carbocycles. The van der Waals surface area contributed by atoms with Gasteiger partial charge in [-0.05, 0) is 77.7 Å². The van der Waals surface area contributed by atoms with E-state index in [0.29, 0.717) is 28.1 Å². The number of hydrogen-bond acceptors (Lipinski definition) is 3. The zero-order valence-electron chi connectivity index (χ0n) is 19.4. The third-order valence-electron chi connectivity index (χ3n) is 6.23. The van der Waals surface area contributed by atoms with Crippen molar-refractivity contribution in [1.29, 1.82) is 0 Å². The average Bonchev–Trinajstić information content (AvgIpc) is 3.30. The number of aromatic nitrogens is 1. The first-order valence-electron chi connectivity index (χ1n) is 11.2. The maximum absolute atomic E-state index is 14.3. The predicted octanol–water partition coefficient (Wildman–Crippen LogP) is 7.97. The molecule has 0 bridgehead atoms. The predicted molar refractivity (Wildman–Crippen MR) is 139 cm³/mol. The van der Waals surface area contributed by atoms with Crippen LogP contribution in [0.5, 0.6) is 0 Å². The molecule has 37 heavy (non-hydrogen) atoms. The second-order valence-corrected chi connectivity index (χ2v) is 9.60. The molecule has 1 amide bonds. The van der Waals surface area contributed by atoms with Crippen molar-refractivity contribution >= 4 is 51.4 Å². The summed E-state index contributed by atoms with van der Waals surface area (Å²) in [5.41, 5.74) is -0.341. The molecule has 188 valence electrons. The van der Waals surface area contributed by atoms with Crippen molar-refractivity contribution in [3.63, 3.8) is 0 Å². The van der Waals surface area contributed by atoms with Crippen molar-refractivity contribution in [2.45, 2.75) is 18.7 Å². The number of anilines is 1. The van der Waals surface area contributed by atoms with Crippen molar-refractivity contribution in [3.05, 3.63) is 111 Å². The smallest absolute Gasteiger partial charge is 0.352 e. The van der Waals surface area contributed by atoms with Gasteiger partial charge in [-0.2, -0.15) is 13.2 Å². The third-order valence-corrected chi connectivity index (χ3v) is 6.66. The molecule has 1 atom stereocenters. The molecular formula is C28H19Cl2F3N2O2. The monoisotopic (exact) mass is 542 g/mol. The molecule has 4 nitrogen and oxygen atoms in total. The fourth-order valence-corrected chi connectivity index (χ4v) is 4.91. The van der Waals surface area contributed by atoms with Crippen molar-refractivity contribution in [3.8, 4) is 0 Å². The fraction of sp³-hybridized carbons (Fsp3) is 0.143. The number of aryl methyl sites for hydroxylation is 1. The number of alkyl halides is 3. The molecule has 4 aromatic rings. The van der Waals surface area contributed by atoms with E-state index in [-0.39, 0.29) is 28.1 Å². The van der Waals surface area contributed by atoms with Crippen LogP contribution in [-0.4, -0.2) is 23.7 Å². The van der Waals surface area contributed by atoms with Crippen LogP contribution < -0.4 is 5.32 Å². The fourth-order valence-electron chi connectivity index (χ4n) is 4.39. The Morgan fingerprint density at radius 3 is 2.43 bits per heavy atom. The number of fused-ring (bicyclic) bond motifs is 1. The number of carbonyl (C=O) groups excluding carboxylic acids is 1. The largest absolute Gasteiger partial charge is 0.425 e. The lowest BCUT2D eigenvalue weighted by atomic mass is 9.90. The Bertz CT molecular complexity index is 1550.